The maximum atomic E-state index is 13.2. The summed E-state index contributed by atoms with van der Waals surface area (Å²) in [6, 6.07) is 18.7. The maximum Gasteiger partial charge on any atom is 0.169 e. The molecule has 1 spiro atoms. The molecule has 1 aliphatic heterocycles. The molecule has 1 aliphatic carbocycles. The highest BCUT2D eigenvalue weighted by molar-refractivity contribution is 6.03. The highest BCUT2D eigenvalue weighted by Crippen LogP contribution is 2.48. The van der Waals surface area contributed by atoms with Crippen LogP contribution >= 0.6 is 0 Å². The number of rotatable bonds is 3. The molecular weight excluding hydrogens is 318 g/mol. The van der Waals surface area contributed by atoms with Gasteiger partial charge in [-0.25, -0.2) is 0 Å². The predicted molar refractivity (Wildman–Crippen MR) is 107 cm³/mol. The quantitative estimate of drug-likeness (QED) is 0.765. The maximum absolute atomic E-state index is 13.2. The van der Waals surface area contributed by atoms with Gasteiger partial charge in [-0.15, -0.1) is 0 Å². The molecule has 0 saturated carbocycles. The van der Waals surface area contributed by atoms with Crippen molar-refractivity contribution in [2.75, 3.05) is 19.6 Å². The van der Waals surface area contributed by atoms with E-state index in [1.165, 1.54) is 11.1 Å². The van der Waals surface area contributed by atoms with Crippen molar-refractivity contribution in [3.05, 3.63) is 77.4 Å². The standard InChI is InChI=1S/C24H27NO/c1-19-18-24(23(26)22-12-6-5-11-21(19)22)13-16-25(17-14-24)15-7-10-20-8-3-2-4-9-20/h2-12,19H,13-18H2,1H3/b10-7+. The van der Waals surface area contributed by atoms with Crippen LogP contribution in [-0.4, -0.2) is 30.3 Å². The molecule has 2 aromatic rings. The Hall–Kier alpha value is -2.19. The van der Waals surface area contributed by atoms with Crippen LogP contribution in [0.1, 0.15) is 53.6 Å². The zero-order valence-corrected chi connectivity index (χ0v) is 15.5. The average molecular weight is 345 g/mol. The van der Waals surface area contributed by atoms with Crippen molar-refractivity contribution >= 4 is 11.9 Å². The highest BCUT2D eigenvalue weighted by atomic mass is 16.1. The van der Waals surface area contributed by atoms with Crippen LogP contribution in [0.3, 0.4) is 0 Å². The largest absolute Gasteiger partial charge is 0.300 e. The summed E-state index contributed by atoms with van der Waals surface area (Å²) in [5.74, 6) is 0.874. The van der Waals surface area contributed by atoms with Crippen LogP contribution in [-0.2, 0) is 0 Å². The third kappa shape index (κ3) is 3.26. The molecule has 1 unspecified atom stereocenters. The van der Waals surface area contributed by atoms with Crippen LogP contribution in [0.15, 0.2) is 60.7 Å². The average Bonchev–Trinajstić information content (AvgIpc) is 2.69. The van der Waals surface area contributed by atoms with Crippen LogP contribution in [0.2, 0.25) is 0 Å². The third-order valence-electron chi connectivity index (χ3n) is 6.20. The number of carbonyl (C=O) groups excluding carboxylic acids is 1. The van der Waals surface area contributed by atoms with Crippen molar-refractivity contribution in [3.63, 3.8) is 0 Å². The van der Waals surface area contributed by atoms with E-state index >= 15 is 0 Å². The second kappa shape index (κ2) is 7.20. The van der Waals surface area contributed by atoms with E-state index in [0.29, 0.717) is 11.7 Å². The molecule has 134 valence electrons. The molecule has 0 N–H and O–H groups in total. The molecule has 1 fully saturated rings. The first-order chi connectivity index (χ1) is 12.7. The van der Waals surface area contributed by atoms with Crippen LogP contribution in [0.25, 0.3) is 6.08 Å². The van der Waals surface area contributed by atoms with Gasteiger partial charge < -0.3 is 0 Å². The Balaban J connectivity index is 1.40. The Labute approximate surface area is 156 Å². The molecule has 0 amide bonds. The molecule has 2 heteroatoms. The summed E-state index contributed by atoms with van der Waals surface area (Å²) in [4.78, 5) is 15.7. The van der Waals surface area contributed by atoms with Crippen LogP contribution in [0, 0.1) is 5.41 Å². The lowest BCUT2D eigenvalue weighted by Crippen LogP contribution is -2.47. The van der Waals surface area contributed by atoms with Crippen LogP contribution in [0.5, 0.6) is 0 Å². The molecule has 2 nitrogen and oxygen atoms in total. The number of ketones is 1. The van der Waals surface area contributed by atoms with Crippen LogP contribution in [0.4, 0.5) is 0 Å². The number of benzene rings is 2. The van der Waals surface area contributed by atoms with Crippen LogP contribution < -0.4 is 0 Å². The van der Waals surface area contributed by atoms with Gasteiger partial charge >= 0.3 is 0 Å². The van der Waals surface area contributed by atoms with Gasteiger partial charge in [0.1, 0.15) is 0 Å². The number of hydrogen-bond donors (Lipinski definition) is 0. The number of likely N-dealkylation sites (tertiary alicyclic amines) is 1. The topological polar surface area (TPSA) is 20.3 Å². The van der Waals surface area contributed by atoms with E-state index in [1.807, 2.05) is 18.2 Å². The van der Waals surface area contributed by atoms with E-state index < -0.39 is 0 Å². The Morgan fingerprint density at radius 3 is 2.50 bits per heavy atom. The van der Waals surface area contributed by atoms with Gasteiger partial charge in [-0.1, -0.05) is 73.7 Å². The molecule has 1 heterocycles. The summed E-state index contributed by atoms with van der Waals surface area (Å²) in [6.45, 7) is 5.27. The van der Waals surface area contributed by atoms with Crippen molar-refractivity contribution in [1.82, 2.24) is 4.90 Å². The van der Waals surface area contributed by atoms with Crippen molar-refractivity contribution in [2.45, 2.75) is 32.1 Å². The number of nitrogens with zero attached hydrogens (tertiary/aromatic N) is 1. The van der Waals surface area contributed by atoms with Gasteiger partial charge in [0.25, 0.3) is 0 Å². The zero-order chi connectivity index (χ0) is 18.0. The van der Waals surface area contributed by atoms with E-state index in [-0.39, 0.29) is 5.41 Å². The summed E-state index contributed by atoms with van der Waals surface area (Å²) in [7, 11) is 0. The first-order valence-electron chi connectivity index (χ1n) is 9.76. The second-order valence-corrected chi connectivity index (χ2v) is 7.92. The van der Waals surface area contributed by atoms with Gasteiger partial charge in [-0.05, 0) is 49.4 Å². The van der Waals surface area contributed by atoms with Gasteiger partial charge in [-0.2, -0.15) is 0 Å². The molecule has 0 bridgehead atoms. The fraction of sp³-hybridized carbons (Fsp3) is 0.375. The minimum atomic E-state index is -0.132. The minimum Gasteiger partial charge on any atom is -0.300 e. The van der Waals surface area contributed by atoms with Gasteiger partial charge in [0, 0.05) is 17.5 Å². The summed E-state index contributed by atoms with van der Waals surface area (Å²) >= 11 is 0. The molecule has 1 atom stereocenters. The Kier molecular flexibility index (Phi) is 4.78. The Bertz CT molecular complexity index is 800. The van der Waals surface area contributed by atoms with Crippen molar-refractivity contribution in [1.29, 1.82) is 0 Å². The van der Waals surface area contributed by atoms with Gasteiger partial charge in [-0.3, -0.25) is 9.69 Å². The first kappa shape index (κ1) is 17.2. The van der Waals surface area contributed by atoms with E-state index in [0.717, 1.165) is 44.5 Å². The zero-order valence-electron chi connectivity index (χ0n) is 15.5. The SMILES string of the molecule is CC1CC2(CCN(C/C=C/c3ccccc3)CC2)C(=O)c2ccccc21. The fourth-order valence-electron chi connectivity index (χ4n) is 4.70. The monoisotopic (exact) mass is 345 g/mol. The van der Waals surface area contributed by atoms with Gasteiger partial charge in [0.15, 0.2) is 5.78 Å². The number of carbonyl (C=O) groups is 1. The van der Waals surface area contributed by atoms with E-state index in [9.17, 15) is 4.79 Å². The summed E-state index contributed by atoms with van der Waals surface area (Å²) < 4.78 is 0. The third-order valence-corrected chi connectivity index (χ3v) is 6.20. The summed E-state index contributed by atoms with van der Waals surface area (Å²) in [5.41, 5.74) is 3.34. The Morgan fingerprint density at radius 2 is 1.73 bits per heavy atom. The molecular formula is C24H27NO. The molecule has 0 aromatic heterocycles. The Morgan fingerprint density at radius 1 is 1.04 bits per heavy atom. The molecule has 4 rings (SSSR count). The second-order valence-electron chi connectivity index (χ2n) is 7.92. The smallest absolute Gasteiger partial charge is 0.169 e. The predicted octanol–water partition coefficient (Wildman–Crippen LogP) is 5.17. The molecule has 26 heavy (non-hydrogen) atoms. The number of piperidine rings is 1. The lowest BCUT2D eigenvalue weighted by molar-refractivity contribution is 0.0534. The number of hydrogen-bond acceptors (Lipinski definition) is 2. The molecule has 2 aliphatic rings. The van der Waals surface area contributed by atoms with Crippen molar-refractivity contribution < 1.29 is 4.79 Å². The van der Waals surface area contributed by atoms with Crippen molar-refractivity contribution in [3.8, 4) is 0 Å². The van der Waals surface area contributed by atoms with E-state index in [2.05, 4.69) is 60.4 Å². The van der Waals surface area contributed by atoms with Gasteiger partial charge in [0.2, 0.25) is 0 Å². The van der Waals surface area contributed by atoms with E-state index in [1.54, 1.807) is 0 Å². The summed E-state index contributed by atoms with van der Waals surface area (Å²) in [5, 5.41) is 0. The van der Waals surface area contributed by atoms with E-state index in [4.69, 9.17) is 0 Å². The molecule has 0 radical (unpaired) electrons. The van der Waals surface area contributed by atoms with Gasteiger partial charge in [0.05, 0.1) is 0 Å². The normalized spacial score (nSPS) is 22.7. The molecule has 1 saturated heterocycles. The lowest BCUT2D eigenvalue weighted by atomic mass is 9.62. The van der Waals surface area contributed by atoms with Crippen molar-refractivity contribution in [2.24, 2.45) is 5.41 Å². The molecule has 2 aromatic carbocycles. The first-order valence-corrected chi connectivity index (χ1v) is 9.76. The highest BCUT2D eigenvalue weighted by Gasteiger charge is 2.46. The summed E-state index contributed by atoms with van der Waals surface area (Å²) in [6.07, 6.45) is 7.42. The fourth-order valence-corrected chi connectivity index (χ4v) is 4.70. The minimum absolute atomic E-state index is 0.132. The number of fused-ring (bicyclic) bond motifs is 1. The lowest BCUT2D eigenvalue weighted by Gasteiger charge is -2.45. The number of Topliss-reactive ketones (excluding diaryl/α,β-unsaturated/α-hetero) is 1.